The largest absolute Gasteiger partial charge is 0.366 e. The number of nitrogens with two attached hydrogens (primary N) is 1. The molecule has 0 saturated carbocycles. The van der Waals surface area contributed by atoms with Gasteiger partial charge in [0.1, 0.15) is 0 Å². The van der Waals surface area contributed by atoms with Crippen LogP contribution in [-0.4, -0.2) is 42.6 Å². The second-order valence-corrected chi connectivity index (χ2v) is 5.60. The zero-order valence-corrected chi connectivity index (χ0v) is 12.3. The molecule has 0 radical (unpaired) electrons. The number of aromatic nitrogens is 1. The molecule has 1 unspecified atom stereocenters. The molecule has 1 aliphatic heterocycles. The van der Waals surface area contributed by atoms with E-state index in [2.05, 4.69) is 40.9 Å². The molecule has 4 nitrogen and oxygen atoms in total. The van der Waals surface area contributed by atoms with Gasteiger partial charge in [0.05, 0.1) is 17.6 Å². The molecular weight excluding hydrogens is 236 g/mol. The van der Waals surface area contributed by atoms with Crippen molar-refractivity contribution in [2.45, 2.75) is 38.8 Å². The van der Waals surface area contributed by atoms with E-state index in [-0.39, 0.29) is 6.04 Å². The molecule has 2 heterocycles. The van der Waals surface area contributed by atoms with E-state index in [1.165, 1.54) is 25.1 Å². The fourth-order valence-corrected chi connectivity index (χ4v) is 2.77. The van der Waals surface area contributed by atoms with Gasteiger partial charge in [0.15, 0.2) is 0 Å². The van der Waals surface area contributed by atoms with E-state index in [0.29, 0.717) is 6.04 Å². The summed E-state index contributed by atoms with van der Waals surface area (Å²) in [7, 11) is 2.21. The molecule has 0 spiro atoms. The second-order valence-electron chi connectivity index (χ2n) is 5.60. The molecule has 19 heavy (non-hydrogen) atoms. The minimum Gasteiger partial charge on any atom is -0.366 e. The van der Waals surface area contributed by atoms with Gasteiger partial charge >= 0.3 is 0 Å². The second kappa shape index (κ2) is 6.35. The maximum atomic E-state index is 5.86. The van der Waals surface area contributed by atoms with Gasteiger partial charge in [0.2, 0.25) is 0 Å². The first-order valence-electron chi connectivity index (χ1n) is 7.28. The highest BCUT2D eigenvalue weighted by Gasteiger charge is 2.22. The average molecular weight is 262 g/mol. The highest BCUT2D eigenvalue weighted by atomic mass is 15.2. The Bertz CT molecular complexity index is 388. The van der Waals surface area contributed by atoms with Crippen molar-refractivity contribution in [3.8, 4) is 0 Å². The van der Waals surface area contributed by atoms with Gasteiger partial charge in [0.25, 0.3) is 0 Å². The van der Waals surface area contributed by atoms with E-state index in [0.717, 1.165) is 18.8 Å². The third-order valence-corrected chi connectivity index (χ3v) is 3.94. The van der Waals surface area contributed by atoms with Crippen LogP contribution in [0.15, 0.2) is 18.3 Å². The van der Waals surface area contributed by atoms with Crippen molar-refractivity contribution in [3.05, 3.63) is 24.0 Å². The van der Waals surface area contributed by atoms with Crippen molar-refractivity contribution in [1.29, 1.82) is 0 Å². The lowest BCUT2D eigenvalue weighted by atomic mass is 10.1. The molecule has 1 saturated heterocycles. The molecule has 0 bridgehead atoms. The summed E-state index contributed by atoms with van der Waals surface area (Å²) in [4.78, 5) is 9.42. The summed E-state index contributed by atoms with van der Waals surface area (Å²) in [5.41, 5.74) is 8.05. The average Bonchev–Trinajstić information content (AvgIpc) is 2.60. The molecule has 1 aromatic heterocycles. The van der Waals surface area contributed by atoms with Gasteiger partial charge in [-0.3, -0.25) is 4.98 Å². The molecule has 2 rings (SSSR count). The van der Waals surface area contributed by atoms with Crippen molar-refractivity contribution in [2.75, 3.05) is 31.6 Å². The predicted molar refractivity (Wildman–Crippen MR) is 80.4 cm³/mol. The van der Waals surface area contributed by atoms with Gasteiger partial charge in [-0.05, 0) is 45.5 Å². The molecule has 2 atom stereocenters. The Hall–Kier alpha value is -1.13. The fourth-order valence-electron chi connectivity index (χ4n) is 2.77. The summed E-state index contributed by atoms with van der Waals surface area (Å²) in [6.07, 6.45) is 4.36. The normalized spacial score (nSPS) is 23.2. The van der Waals surface area contributed by atoms with Crippen LogP contribution < -0.4 is 10.6 Å². The predicted octanol–water partition coefficient (Wildman–Crippen LogP) is 2.02. The van der Waals surface area contributed by atoms with Crippen molar-refractivity contribution < 1.29 is 0 Å². The summed E-state index contributed by atoms with van der Waals surface area (Å²) >= 11 is 0. The molecule has 2 N–H and O–H groups in total. The van der Waals surface area contributed by atoms with Crippen LogP contribution >= 0.6 is 0 Å². The summed E-state index contributed by atoms with van der Waals surface area (Å²) in [6, 6.07) is 4.81. The van der Waals surface area contributed by atoms with Crippen LogP contribution in [-0.2, 0) is 0 Å². The van der Waals surface area contributed by atoms with E-state index in [1.807, 2.05) is 13.1 Å². The van der Waals surface area contributed by atoms with E-state index in [9.17, 15) is 0 Å². The maximum absolute atomic E-state index is 5.86. The van der Waals surface area contributed by atoms with Gasteiger partial charge in [-0.1, -0.05) is 6.92 Å². The lowest BCUT2D eigenvalue weighted by Crippen LogP contribution is -2.39. The Kier molecular flexibility index (Phi) is 4.77. The van der Waals surface area contributed by atoms with Crippen molar-refractivity contribution >= 4 is 5.69 Å². The molecule has 1 aliphatic rings. The Morgan fingerprint density at radius 3 is 2.79 bits per heavy atom. The van der Waals surface area contributed by atoms with E-state index < -0.39 is 0 Å². The van der Waals surface area contributed by atoms with Gasteiger partial charge in [-0.25, -0.2) is 0 Å². The van der Waals surface area contributed by atoms with Crippen LogP contribution in [0.2, 0.25) is 0 Å². The summed E-state index contributed by atoms with van der Waals surface area (Å²) < 4.78 is 0. The van der Waals surface area contributed by atoms with Crippen LogP contribution in [0.5, 0.6) is 0 Å². The van der Waals surface area contributed by atoms with Crippen LogP contribution in [0.25, 0.3) is 0 Å². The first kappa shape index (κ1) is 14.3. The molecule has 106 valence electrons. The number of nitrogens with zero attached hydrogens (tertiary/aromatic N) is 3. The molecular formula is C15H26N4. The molecule has 4 heteroatoms. The van der Waals surface area contributed by atoms with E-state index in [4.69, 9.17) is 5.73 Å². The van der Waals surface area contributed by atoms with Crippen LogP contribution in [0.3, 0.4) is 0 Å². The van der Waals surface area contributed by atoms with Gasteiger partial charge in [-0.2, -0.15) is 0 Å². The summed E-state index contributed by atoms with van der Waals surface area (Å²) in [6.45, 7) is 7.66. The van der Waals surface area contributed by atoms with Gasteiger partial charge in [-0.15, -0.1) is 0 Å². The van der Waals surface area contributed by atoms with Crippen LogP contribution in [0.1, 0.15) is 38.4 Å². The standard InChI is InChI=1S/C15H26N4/c1-4-13-11-18(3)8-5-9-19(13)14-6-7-15(12(2)16)17-10-14/h6-7,10,12-13H,4-5,8-9,11,16H2,1-3H3/t12-,13?/m1/s1. The number of anilines is 1. The minimum absolute atomic E-state index is 0.00582. The zero-order chi connectivity index (χ0) is 13.8. The first-order valence-corrected chi connectivity index (χ1v) is 7.28. The third kappa shape index (κ3) is 3.45. The zero-order valence-electron chi connectivity index (χ0n) is 12.3. The summed E-state index contributed by atoms with van der Waals surface area (Å²) in [5, 5.41) is 0. The van der Waals surface area contributed by atoms with Crippen LogP contribution in [0, 0.1) is 0 Å². The number of rotatable bonds is 3. The molecule has 0 amide bonds. The molecule has 1 fully saturated rings. The smallest absolute Gasteiger partial charge is 0.0569 e. The monoisotopic (exact) mass is 262 g/mol. The van der Waals surface area contributed by atoms with Gasteiger partial charge in [0, 0.05) is 25.2 Å². The van der Waals surface area contributed by atoms with Crippen molar-refractivity contribution in [2.24, 2.45) is 5.73 Å². The number of hydrogen-bond donors (Lipinski definition) is 1. The molecule has 0 aromatic carbocycles. The highest BCUT2D eigenvalue weighted by Crippen LogP contribution is 2.22. The third-order valence-electron chi connectivity index (χ3n) is 3.94. The Labute approximate surface area is 116 Å². The van der Waals surface area contributed by atoms with Crippen LogP contribution in [0.4, 0.5) is 5.69 Å². The number of pyridine rings is 1. The molecule has 1 aromatic rings. The quantitative estimate of drug-likeness (QED) is 0.905. The van der Waals surface area contributed by atoms with E-state index in [1.54, 1.807) is 0 Å². The number of likely N-dealkylation sites (N-methyl/N-ethyl adjacent to an activating group) is 1. The SMILES string of the molecule is CCC1CN(C)CCCN1c1ccc([C@@H](C)N)nc1. The summed E-state index contributed by atoms with van der Waals surface area (Å²) in [5.74, 6) is 0. The number of hydrogen-bond acceptors (Lipinski definition) is 4. The highest BCUT2D eigenvalue weighted by molar-refractivity contribution is 5.46. The lowest BCUT2D eigenvalue weighted by Gasteiger charge is -2.32. The lowest BCUT2D eigenvalue weighted by molar-refractivity contribution is 0.328. The fraction of sp³-hybridized carbons (Fsp3) is 0.667. The molecule has 0 aliphatic carbocycles. The first-order chi connectivity index (χ1) is 9.11. The Morgan fingerprint density at radius 2 is 2.21 bits per heavy atom. The minimum atomic E-state index is 0.00582. The van der Waals surface area contributed by atoms with E-state index >= 15 is 0 Å². The Balaban J connectivity index is 2.17. The van der Waals surface area contributed by atoms with Gasteiger partial charge < -0.3 is 15.5 Å². The topological polar surface area (TPSA) is 45.4 Å². The van der Waals surface area contributed by atoms with Crippen molar-refractivity contribution in [1.82, 2.24) is 9.88 Å². The Morgan fingerprint density at radius 1 is 1.42 bits per heavy atom. The maximum Gasteiger partial charge on any atom is 0.0569 e. The van der Waals surface area contributed by atoms with Crippen molar-refractivity contribution in [3.63, 3.8) is 0 Å².